The minimum absolute atomic E-state index is 0.371. The molecule has 0 aromatic heterocycles. The molecule has 0 spiro atoms. The van der Waals surface area contributed by atoms with E-state index in [-0.39, 0.29) is 5.97 Å². The first-order valence-electron chi connectivity index (χ1n) is 6.74. The summed E-state index contributed by atoms with van der Waals surface area (Å²) in [7, 11) is 1.36. The first kappa shape index (κ1) is 16.6. The van der Waals surface area contributed by atoms with E-state index < -0.39 is 0 Å². The topological polar surface area (TPSA) is 74.5 Å². The Kier molecular flexibility index (Phi) is 5.78. The summed E-state index contributed by atoms with van der Waals surface area (Å²) in [4.78, 5) is 16.0. The second-order valence-corrected chi connectivity index (χ2v) is 5.28. The van der Waals surface area contributed by atoms with Crippen molar-refractivity contribution in [2.75, 3.05) is 13.4 Å². The van der Waals surface area contributed by atoms with Gasteiger partial charge in [0.15, 0.2) is 11.4 Å². The standard InChI is InChI=1S/C17H15N3O2S/c1-22-16(21)14-7-3-5-12(9-14)13-6-4-8-15(10-13)20-17(23-2)19-11-18/h3-10H,1-2H3,(H,19,20). The number of thioether (sulfide) groups is 1. The van der Waals surface area contributed by atoms with Gasteiger partial charge in [0.1, 0.15) is 0 Å². The van der Waals surface area contributed by atoms with Crippen LogP contribution >= 0.6 is 11.8 Å². The van der Waals surface area contributed by atoms with Crippen LogP contribution in [0.1, 0.15) is 10.4 Å². The van der Waals surface area contributed by atoms with E-state index >= 15 is 0 Å². The zero-order valence-electron chi connectivity index (χ0n) is 12.7. The number of benzene rings is 2. The van der Waals surface area contributed by atoms with Crippen LogP contribution in [-0.4, -0.2) is 24.5 Å². The minimum Gasteiger partial charge on any atom is -0.465 e. The lowest BCUT2D eigenvalue weighted by molar-refractivity contribution is 0.0601. The highest BCUT2D eigenvalue weighted by molar-refractivity contribution is 8.13. The second-order valence-electron chi connectivity index (χ2n) is 4.48. The molecular weight excluding hydrogens is 310 g/mol. The van der Waals surface area contributed by atoms with E-state index in [0.717, 1.165) is 16.8 Å². The average Bonchev–Trinajstić information content (AvgIpc) is 2.61. The predicted octanol–water partition coefficient (Wildman–Crippen LogP) is 3.56. The molecule has 0 aliphatic heterocycles. The van der Waals surface area contributed by atoms with Crippen molar-refractivity contribution >= 4 is 28.6 Å². The molecule has 0 unspecified atom stereocenters. The minimum atomic E-state index is -0.371. The van der Waals surface area contributed by atoms with E-state index in [4.69, 9.17) is 10.00 Å². The molecule has 0 saturated heterocycles. The summed E-state index contributed by atoms with van der Waals surface area (Å²) in [5.41, 5.74) is 3.03. The number of amidine groups is 1. The molecule has 23 heavy (non-hydrogen) atoms. The van der Waals surface area contributed by atoms with Crippen LogP contribution in [0.3, 0.4) is 0 Å². The zero-order valence-corrected chi connectivity index (χ0v) is 13.6. The summed E-state index contributed by atoms with van der Waals surface area (Å²) in [5, 5.41) is 11.7. The molecule has 116 valence electrons. The van der Waals surface area contributed by atoms with E-state index in [9.17, 15) is 4.79 Å². The second kappa shape index (κ2) is 8.01. The quantitative estimate of drug-likeness (QED) is 0.307. The Hall–Kier alpha value is -2.78. The highest BCUT2D eigenvalue weighted by Gasteiger charge is 2.07. The molecule has 0 saturated carbocycles. The van der Waals surface area contributed by atoms with E-state index in [1.54, 1.807) is 12.1 Å². The van der Waals surface area contributed by atoms with Crippen molar-refractivity contribution in [3.8, 4) is 17.3 Å². The molecule has 0 bridgehead atoms. The van der Waals surface area contributed by atoms with Crippen LogP contribution in [0.25, 0.3) is 11.1 Å². The van der Waals surface area contributed by atoms with Crippen LogP contribution in [0.15, 0.2) is 53.5 Å². The molecule has 2 rings (SSSR count). The number of carbonyl (C=O) groups excluding carboxylic acids is 1. The fourth-order valence-corrected chi connectivity index (χ4v) is 2.33. The molecule has 0 aliphatic carbocycles. The third-order valence-electron chi connectivity index (χ3n) is 3.05. The number of rotatable bonds is 3. The lowest BCUT2D eigenvalue weighted by atomic mass is 10.0. The Labute approximate surface area is 139 Å². The molecule has 0 fully saturated rings. The summed E-state index contributed by atoms with van der Waals surface area (Å²) in [5.74, 6) is -0.371. The number of ether oxygens (including phenoxy) is 1. The number of aliphatic imine (C=N–C) groups is 1. The van der Waals surface area contributed by atoms with Crippen LogP contribution in [0.4, 0.5) is 5.69 Å². The smallest absolute Gasteiger partial charge is 0.337 e. The van der Waals surface area contributed by atoms with Gasteiger partial charge in [0.25, 0.3) is 0 Å². The van der Waals surface area contributed by atoms with Gasteiger partial charge in [0.2, 0.25) is 0 Å². The highest BCUT2D eigenvalue weighted by Crippen LogP contribution is 2.25. The Bertz CT molecular complexity index is 781. The molecule has 1 N–H and O–H groups in total. The largest absolute Gasteiger partial charge is 0.465 e. The first-order valence-corrected chi connectivity index (χ1v) is 7.97. The lowest BCUT2D eigenvalue weighted by Crippen LogP contribution is -2.12. The van der Waals surface area contributed by atoms with Gasteiger partial charge in [-0.05, 0) is 41.6 Å². The van der Waals surface area contributed by atoms with Crippen LogP contribution in [0, 0.1) is 11.5 Å². The summed E-state index contributed by atoms with van der Waals surface area (Å²) in [6.45, 7) is 0. The molecule has 5 nitrogen and oxygen atoms in total. The fraction of sp³-hybridized carbons (Fsp3) is 0.118. The Morgan fingerprint density at radius 2 is 1.91 bits per heavy atom. The monoisotopic (exact) mass is 325 g/mol. The SMILES string of the molecule is COC(=O)c1cccc(-c2cccc(N=C(NC#N)SC)c2)c1. The van der Waals surface area contributed by atoms with E-state index in [2.05, 4.69) is 10.3 Å². The molecule has 0 aliphatic rings. The number of hydrogen-bond acceptors (Lipinski definition) is 5. The molecule has 6 heteroatoms. The molecular formula is C17H15N3O2S. The average molecular weight is 325 g/mol. The summed E-state index contributed by atoms with van der Waals surface area (Å²) < 4.78 is 4.74. The van der Waals surface area contributed by atoms with Crippen LogP contribution in [0.5, 0.6) is 0 Å². The number of esters is 1. The normalized spacial score (nSPS) is 10.7. The first-order chi connectivity index (χ1) is 11.2. The highest BCUT2D eigenvalue weighted by atomic mass is 32.2. The van der Waals surface area contributed by atoms with E-state index in [1.807, 2.05) is 48.8 Å². The summed E-state index contributed by atoms with van der Waals surface area (Å²) >= 11 is 1.36. The van der Waals surface area contributed by atoms with Crippen molar-refractivity contribution in [3.05, 3.63) is 54.1 Å². The molecule has 0 atom stereocenters. The molecule has 2 aromatic carbocycles. The van der Waals surface area contributed by atoms with Gasteiger partial charge in [0.05, 0.1) is 18.4 Å². The van der Waals surface area contributed by atoms with E-state index in [0.29, 0.717) is 10.7 Å². The zero-order chi connectivity index (χ0) is 16.7. The van der Waals surface area contributed by atoms with Gasteiger partial charge in [-0.3, -0.25) is 5.32 Å². The van der Waals surface area contributed by atoms with Gasteiger partial charge < -0.3 is 4.74 Å². The molecule has 0 amide bonds. The number of nitriles is 1. The summed E-state index contributed by atoms with van der Waals surface area (Å²) in [6, 6.07) is 14.8. The van der Waals surface area contributed by atoms with E-state index in [1.165, 1.54) is 18.9 Å². The third kappa shape index (κ3) is 4.34. The van der Waals surface area contributed by atoms with Crippen molar-refractivity contribution < 1.29 is 9.53 Å². The fourth-order valence-electron chi connectivity index (χ4n) is 1.99. The molecule has 0 heterocycles. The number of carbonyl (C=O) groups is 1. The maximum atomic E-state index is 11.6. The van der Waals surface area contributed by atoms with Crippen molar-refractivity contribution in [2.45, 2.75) is 0 Å². The van der Waals surface area contributed by atoms with Gasteiger partial charge in [-0.15, -0.1) is 0 Å². The maximum absolute atomic E-state index is 11.6. The molecule has 0 radical (unpaired) electrons. The third-order valence-corrected chi connectivity index (χ3v) is 3.63. The van der Waals surface area contributed by atoms with Crippen molar-refractivity contribution in [3.63, 3.8) is 0 Å². The Morgan fingerprint density at radius 1 is 1.22 bits per heavy atom. The van der Waals surface area contributed by atoms with Crippen LogP contribution in [0.2, 0.25) is 0 Å². The van der Waals surface area contributed by atoms with Crippen molar-refractivity contribution in [1.29, 1.82) is 5.26 Å². The predicted molar refractivity (Wildman–Crippen MR) is 92.6 cm³/mol. The Balaban J connectivity index is 2.37. The van der Waals surface area contributed by atoms with Gasteiger partial charge in [-0.1, -0.05) is 36.0 Å². The van der Waals surface area contributed by atoms with Crippen LogP contribution in [-0.2, 0) is 4.74 Å². The van der Waals surface area contributed by atoms with Gasteiger partial charge >= 0.3 is 5.97 Å². The Morgan fingerprint density at radius 3 is 2.57 bits per heavy atom. The van der Waals surface area contributed by atoms with Gasteiger partial charge in [0, 0.05) is 0 Å². The lowest BCUT2D eigenvalue weighted by Gasteiger charge is -2.06. The number of nitrogens with zero attached hydrogens (tertiary/aromatic N) is 2. The maximum Gasteiger partial charge on any atom is 0.337 e. The van der Waals surface area contributed by atoms with Crippen molar-refractivity contribution in [1.82, 2.24) is 5.32 Å². The van der Waals surface area contributed by atoms with Crippen molar-refractivity contribution in [2.24, 2.45) is 4.99 Å². The van der Waals surface area contributed by atoms with Gasteiger partial charge in [-0.25, -0.2) is 9.79 Å². The van der Waals surface area contributed by atoms with Crippen LogP contribution < -0.4 is 5.32 Å². The van der Waals surface area contributed by atoms with Gasteiger partial charge in [-0.2, -0.15) is 5.26 Å². The summed E-state index contributed by atoms with van der Waals surface area (Å²) in [6.07, 6.45) is 3.70. The number of hydrogen-bond donors (Lipinski definition) is 1. The number of nitrogens with one attached hydrogen (secondary N) is 1. The number of methoxy groups -OCH3 is 1. The molecule has 2 aromatic rings.